The molecule has 0 aliphatic carbocycles. The molecule has 0 rings (SSSR count). The normalized spacial score (nSPS) is 14.4. The Morgan fingerprint density at radius 3 is 0.594 bits per heavy atom. The smallest absolute Gasteiger partial charge is 0.463 e. The zero-order valence-corrected chi connectivity index (χ0v) is 86.1. The maximum absolute atomic E-state index is 13.1. The summed E-state index contributed by atoms with van der Waals surface area (Å²) in [4.78, 5) is 59.3. The molecule has 0 aromatic heterocycles. The molecule has 0 spiro atoms. The lowest BCUT2D eigenvalue weighted by Gasteiger charge is -2.21. The highest BCUT2D eigenvalue weighted by molar-refractivity contribution is 7.47. The number of rotatable bonds is 100. The van der Waals surface area contributed by atoms with Gasteiger partial charge in [0.1, 0.15) is 25.4 Å². The van der Waals surface area contributed by atoms with Crippen LogP contribution in [0.15, 0.2) is 207 Å². The van der Waals surface area contributed by atoms with Gasteiger partial charge in [-0.25, -0.2) is 9.13 Å². The van der Waals surface area contributed by atoms with Crippen molar-refractivity contribution in [3.05, 3.63) is 207 Å². The number of carbonyl (C=O) groups is 3. The van der Waals surface area contributed by atoms with E-state index in [0.717, 1.165) is 193 Å². The Hall–Kier alpha value is -5.87. The van der Waals surface area contributed by atoms with Gasteiger partial charge in [-0.3, -0.25) is 32.5 Å². The van der Waals surface area contributed by atoms with E-state index in [2.05, 4.69) is 227 Å². The van der Waals surface area contributed by atoms with Crippen LogP contribution in [0.3, 0.4) is 0 Å². The van der Waals surface area contributed by atoms with Crippen LogP contribution in [0, 0.1) is 0 Å². The summed E-state index contributed by atoms with van der Waals surface area (Å²) in [5.41, 5.74) is 0. The summed E-state index contributed by atoms with van der Waals surface area (Å²) in [7, 11) is -9.83. The Morgan fingerprint density at radius 1 is 0.211 bits per heavy atom. The fourth-order valence-corrected chi connectivity index (χ4v) is 16.1. The van der Waals surface area contributed by atoms with E-state index in [1.807, 2.05) is 0 Å². The van der Waals surface area contributed by atoms with Gasteiger partial charge in [0.15, 0.2) is 6.10 Å². The summed E-state index contributed by atoms with van der Waals surface area (Å²) in [5.74, 6) is -1.56. The predicted octanol–water partition coefficient (Wildman–Crippen LogP) is 34.2. The molecular formula is C115H194O16P2. The standard InChI is InChI=1S/C115H194O16P2/c1-4-7-10-13-16-19-22-25-28-31-34-37-40-43-46-49-51-53-54-56-58-60-62-65-68-71-74-77-80-83-86-89-92-95-98-101-113(118)125-104-110(116)105-127-132(121,122)128-106-111(117)107-129-133(123,124)130-109-112(131-115(120)103-100-97-94-91-88-85-82-79-76-73-70-67-64-59-48-45-42-39-36-33-30-27-24-21-18-15-12-9-6-3)108-126-114(119)102-99-96-93-90-87-84-81-78-75-72-69-66-63-61-57-55-52-50-47-44-41-38-35-32-29-26-23-20-17-14-11-8-5-2/h7-12,16-21,25-30,34-39,43-48,51-53,55,110-112,116-117H,4-6,13-15,22-24,31-33,40-42,49-50,54,56-109H2,1-3H3,(H,121,122)(H,123,124)/b10-7-,11-8-,12-9-,19-16-,20-17-,21-18-,28-25-,29-26-,30-27-,37-34-,38-35-,39-36-,46-43-,47-44-,48-45-,53-51-,55-52-. The van der Waals surface area contributed by atoms with Crippen molar-refractivity contribution in [2.45, 2.75) is 463 Å². The SMILES string of the molecule is CC/C=C\C/C=C\C/C=C\C/C=C\C/C=C\C/C=C\CCCCCCCCCCCCCCCCCCC(=O)OCC(O)COP(=O)(O)OCC(O)COP(=O)(O)OCC(COC(=O)CCCCCCCCCCCCCCCC/C=C\C/C=C\C/C=C\C/C=C\C/C=C\C/C=C\CC)OC(=O)CCCCCCCCCCCCCCC/C=C\C/C=C\C/C=C\C/C=C\C/C=C\CC. The third-order valence-corrected chi connectivity index (χ3v) is 24.4. The number of aliphatic hydroxyl groups excluding tert-OH is 2. The van der Waals surface area contributed by atoms with Crippen LogP contribution in [0.4, 0.5) is 0 Å². The van der Waals surface area contributed by atoms with Gasteiger partial charge >= 0.3 is 33.6 Å². The largest absolute Gasteiger partial charge is 0.472 e. The molecule has 760 valence electrons. The average molecular weight is 1890 g/mol. The average Bonchev–Trinajstić information content (AvgIpc) is 0.896. The molecule has 0 aromatic rings. The molecule has 0 aliphatic heterocycles. The fourth-order valence-electron chi connectivity index (χ4n) is 14.6. The minimum Gasteiger partial charge on any atom is -0.463 e. The minimum absolute atomic E-state index is 0.0985. The molecule has 5 atom stereocenters. The van der Waals surface area contributed by atoms with Gasteiger partial charge in [-0.1, -0.05) is 465 Å². The zero-order valence-electron chi connectivity index (χ0n) is 84.4. The van der Waals surface area contributed by atoms with Crippen molar-refractivity contribution in [2.75, 3.05) is 39.6 Å². The van der Waals surface area contributed by atoms with Crippen LogP contribution >= 0.6 is 15.6 Å². The summed E-state index contributed by atoms with van der Waals surface area (Å²) in [6.07, 6.45) is 143. The minimum atomic E-state index is -4.95. The zero-order chi connectivity index (χ0) is 96.4. The molecule has 0 saturated carbocycles. The topological polar surface area (TPSA) is 231 Å². The first-order valence-electron chi connectivity index (χ1n) is 53.4. The molecule has 16 nitrogen and oxygen atoms in total. The quantitative estimate of drug-likeness (QED) is 0.0146. The maximum atomic E-state index is 13.1. The Labute approximate surface area is 813 Å². The highest BCUT2D eigenvalue weighted by Gasteiger charge is 2.30. The monoisotopic (exact) mass is 1890 g/mol. The Kier molecular flexibility index (Phi) is 100. The van der Waals surface area contributed by atoms with Gasteiger partial charge in [-0.05, 0) is 167 Å². The summed E-state index contributed by atoms with van der Waals surface area (Å²) >= 11 is 0. The molecule has 0 aromatic carbocycles. The molecule has 0 bridgehead atoms. The van der Waals surface area contributed by atoms with E-state index in [1.54, 1.807) is 0 Å². The van der Waals surface area contributed by atoms with Crippen LogP contribution in [0.5, 0.6) is 0 Å². The van der Waals surface area contributed by atoms with E-state index in [4.69, 9.17) is 32.3 Å². The van der Waals surface area contributed by atoms with Crippen LogP contribution < -0.4 is 0 Å². The molecule has 0 saturated heterocycles. The Morgan fingerprint density at radius 2 is 0.376 bits per heavy atom. The molecule has 5 unspecified atom stereocenters. The van der Waals surface area contributed by atoms with Crippen LogP contribution in [-0.4, -0.2) is 95.9 Å². The lowest BCUT2D eigenvalue weighted by atomic mass is 10.0. The third kappa shape index (κ3) is 106. The van der Waals surface area contributed by atoms with E-state index in [9.17, 15) is 43.5 Å². The van der Waals surface area contributed by atoms with Crippen molar-refractivity contribution in [3.63, 3.8) is 0 Å². The fraction of sp³-hybridized carbons (Fsp3) is 0.678. The number of hydrogen-bond donors (Lipinski definition) is 4. The van der Waals surface area contributed by atoms with Crippen LogP contribution in [0.25, 0.3) is 0 Å². The van der Waals surface area contributed by atoms with Gasteiger partial charge < -0.3 is 34.2 Å². The molecule has 18 heteroatoms. The van der Waals surface area contributed by atoms with Crippen molar-refractivity contribution in [2.24, 2.45) is 0 Å². The van der Waals surface area contributed by atoms with Crippen LogP contribution in [0.1, 0.15) is 445 Å². The highest BCUT2D eigenvalue weighted by Crippen LogP contribution is 2.45. The van der Waals surface area contributed by atoms with Crippen LogP contribution in [0.2, 0.25) is 0 Å². The summed E-state index contributed by atoms with van der Waals surface area (Å²) in [5, 5.41) is 20.8. The Balaban J connectivity index is 4.61. The first-order valence-corrected chi connectivity index (χ1v) is 56.4. The van der Waals surface area contributed by atoms with Crippen molar-refractivity contribution in [3.8, 4) is 0 Å². The van der Waals surface area contributed by atoms with Gasteiger partial charge in [0.2, 0.25) is 0 Å². The molecule has 0 heterocycles. The van der Waals surface area contributed by atoms with Gasteiger partial charge in [0, 0.05) is 19.3 Å². The molecule has 0 fully saturated rings. The predicted molar refractivity (Wildman–Crippen MR) is 564 cm³/mol. The Bertz CT molecular complexity index is 3250. The summed E-state index contributed by atoms with van der Waals surface area (Å²) in [6.45, 7) is 2.41. The van der Waals surface area contributed by atoms with Gasteiger partial charge in [0.25, 0.3) is 0 Å². The number of allylic oxidation sites excluding steroid dienone is 34. The van der Waals surface area contributed by atoms with Crippen molar-refractivity contribution >= 4 is 33.6 Å². The van der Waals surface area contributed by atoms with E-state index in [1.165, 1.54) is 193 Å². The van der Waals surface area contributed by atoms with Gasteiger partial charge in [-0.2, -0.15) is 0 Å². The lowest BCUT2D eigenvalue weighted by Crippen LogP contribution is -2.30. The van der Waals surface area contributed by atoms with E-state index >= 15 is 0 Å². The second-order valence-corrected chi connectivity index (χ2v) is 38.2. The van der Waals surface area contributed by atoms with Crippen LogP contribution in [-0.2, 0) is 55.8 Å². The van der Waals surface area contributed by atoms with E-state index < -0.39 is 91.5 Å². The molecule has 4 N–H and O–H groups in total. The highest BCUT2D eigenvalue weighted by atomic mass is 31.2. The number of carbonyl (C=O) groups excluding carboxylic acids is 3. The van der Waals surface area contributed by atoms with Crippen molar-refractivity contribution < 1.29 is 75.8 Å². The molecular weight excluding hydrogens is 1700 g/mol. The number of esters is 3. The number of hydrogen-bond acceptors (Lipinski definition) is 14. The van der Waals surface area contributed by atoms with Crippen molar-refractivity contribution in [1.29, 1.82) is 0 Å². The molecule has 0 radical (unpaired) electrons. The third-order valence-electron chi connectivity index (χ3n) is 22.5. The lowest BCUT2D eigenvalue weighted by molar-refractivity contribution is -0.161. The number of phosphoric acid groups is 2. The second-order valence-electron chi connectivity index (χ2n) is 35.3. The number of aliphatic hydroxyl groups is 2. The number of ether oxygens (including phenoxy) is 3. The first kappa shape index (κ1) is 127. The molecule has 0 aliphatic rings. The maximum Gasteiger partial charge on any atom is 0.472 e. The van der Waals surface area contributed by atoms with Crippen molar-refractivity contribution in [1.82, 2.24) is 0 Å². The first-order chi connectivity index (χ1) is 65.2. The van der Waals surface area contributed by atoms with Gasteiger partial charge in [-0.15, -0.1) is 0 Å². The van der Waals surface area contributed by atoms with E-state index in [-0.39, 0.29) is 19.3 Å². The second kappa shape index (κ2) is 105. The molecule has 0 amide bonds. The van der Waals surface area contributed by atoms with Gasteiger partial charge in [0.05, 0.1) is 26.4 Å². The van der Waals surface area contributed by atoms with E-state index in [0.29, 0.717) is 19.3 Å². The molecule has 133 heavy (non-hydrogen) atoms. The summed E-state index contributed by atoms with van der Waals surface area (Å²) in [6, 6.07) is 0. The number of phosphoric ester groups is 2. The summed E-state index contributed by atoms with van der Waals surface area (Å²) < 4.78 is 61.8. The number of unbranched alkanes of at least 4 members (excludes halogenated alkanes) is 43.